The van der Waals surface area contributed by atoms with Gasteiger partial charge in [-0.2, -0.15) is 0 Å². The van der Waals surface area contributed by atoms with Crippen molar-refractivity contribution in [3.63, 3.8) is 0 Å². The Hall–Kier alpha value is -3.95. The topological polar surface area (TPSA) is 15.0 Å². The van der Waals surface area contributed by atoms with Gasteiger partial charge in [0.2, 0.25) is 0 Å². The highest BCUT2D eigenvalue weighted by Crippen LogP contribution is 2.26. The summed E-state index contributed by atoms with van der Waals surface area (Å²) in [7, 11) is 0. The smallest absolute Gasteiger partial charge is 0.320 e. The molecular formula is C27H21BF10N2. The zero-order valence-corrected chi connectivity index (χ0v) is 21.4. The molecule has 0 aliphatic carbocycles. The van der Waals surface area contributed by atoms with Crippen molar-refractivity contribution in [1.82, 2.24) is 5.32 Å². The normalized spacial score (nSPS) is 12.2. The number of nitrogens with zero attached hydrogens (tertiary/aromatic N) is 1. The van der Waals surface area contributed by atoms with Crippen LogP contribution in [0.1, 0.15) is 33.3 Å². The molecule has 0 atom stereocenters. The number of halogens is 10. The highest BCUT2D eigenvalue weighted by Gasteiger charge is 2.49. The van der Waals surface area contributed by atoms with Crippen molar-refractivity contribution in [2.24, 2.45) is 0 Å². The molecule has 0 aliphatic heterocycles. The Labute approximate surface area is 223 Å². The van der Waals surface area contributed by atoms with Crippen LogP contribution in [0.15, 0.2) is 30.3 Å². The van der Waals surface area contributed by atoms with Crippen LogP contribution in [-0.4, -0.2) is 29.2 Å². The Morgan fingerprint density at radius 1 is 0.625 bits per heavy atom. The molecule has 0 heterocycles. The summed E-state index contributed by atoms with van der Waals surface area (Å²) in [6.07, 6.45) is -3.64. The van der Waals surface area contributed by atoms with E-state index in [1.165, 1.54) is 38.1 Å². The second kappa shape index (κ2) is 11.7. The number of benzene rings is 3. The van der Waals surface area contributed by atoms with Crippen molar-refractivity contribution in [1.29, 1.82) is 0 Å². The molecule has 13 heteroatoms. The van der Waals surface area contributed by atoms with Gasteiger partial charge in [0.15, 0.2) is 41.2 Å². The van der Waals surface area contributed by atoms with Gasteiger partial charge in [-0.05, 0) is 39.8 Å². The lowest BCUT2D eigenvalue weighted by Gasteiger charge is -2.41. The van der Waals surface area contributed by atoms with Crippen molar-refractivity contribution >= 4 is 23.5 Å². The van der Waals surface area contributed by atoms with Crippen LogP contribution in [0.2, 0.25) is 0 Å². The van der Waals surface area contributed by atoms with Gasteiger partial charge in [0.25, 0.3) is 0 Å². The van der Waals surface area contributed by atoms with Crippen LogP contribution in [0, 0.1) is 69.9 Å². The van der Waals surface area contributed by atoms with Gasteiger partial charge >= 0.3 is 6.28 Å². The second-order valence-corrected chi connectivity index (χ2v) is 9.41. The lowest BCUT2D eigenvalue weighted by Crippen LogP contribution is -2.72. The Morgan fingerprint density at radius 2 is 1.00 bits per heavy atom. The molecule has 0 bridgehead atoms. The van der Waals surface area contributed by atoms with E-state index in [1.807, 2.05) is 0 Å². The fraction of sp³-hybridized carbons (Fsp3) is 0.222. The molecule has 0 saturated carbocycles. The molecule has 0 aromatic heterocycles. The third kappa shape index (κ3) is 5.14. The number of nitrogens with one attached hydrogen (secondary N) is 1. The average Bonchev–Trinajstić information content (AvgIpc) is 2.92. The van der Waals surface area contributed by atoms with Crippen molar-refractivity contribution in [3.05, 3.63) is 94.1 Å². The van der Waals surface area contributed by atoms with Crippen LogP contribution in [0.4, 0.5) is 43.9 Å². The van der Waals surface area contributed by atoms with Gasteiger partial charge in [-0.25, -0.2) is 49.7 Å². The summed E-state index contributed by atoms with van der Waals surface area (Å²) in [5.74, 6) is -20.9. The Morgan fingerprint density at radius 3 is 1.35 bits per heavy atom. The molecule has 212 valence electrons. The lowest BCUT2D eigenvalue weighted by atomic mass is 9.26. The molecule has 40 heavy (non-hydrogen) atoms. The van der Waals surface area contributed by atoms with Gasteiger partial charge in [-0.15, -0.1) is 5.92 Å². The van der Waals surface area contributed by atoms with Crippen molar-refractivity contribution in [2.45, 2.75) is 39.8 Å². The van der Waals surface area contributed by atoms with Gasteiger partial charge in [-0.3, -0.25) is 5.32 Å². The van der Waals surface area contributed by atoms with Crippen molar-refractivity contribution < 1.29 is 48.4 Å². The Balaban J connectivity index is 2.79. The predicted molar refractivity (Wildman–Crippen MR) is 131 cm³/mol. The van der Waals surface area contributed by atoms with Crippen LogP contribution >= 0.6 is 0 Å². The van der Waals surface area contributed by atoms with Gasteiger partial charge in [0.1, 0.15) is 23.3 Å². The Kier molecular flexibility index (Phi) is 8.92. The first-order chi connectivity index (χ1) is 18.7. The fourth-order valence-electron chi connectivity index (χ4n) is 4.29. The molecule has 0 amide bonds. The minimum Gasteiger partial charge on any atom is -0.443 e. The van der Waals surface area contributed by atoms with E-state index in [9.17, 15) is 26.3 Å². The first-order valence-corrected chi connectivity index (χ1v) is 11.8. The zero-order valence-electron chi connectivity index (χ0n) is 21.4. The zero-order chi connectivity index (χ0) is 30.1. The van der Waals surface area contributed by atoms with Crippen LogP contribution < -0.4 is 16.2 Å². The van der Waals surface area contributed by atoms with Crippen LogP contribution in [0.3, 0.4) is 0 Å². The first-order valence-electron chi connectivity index (χ1n) is 11.8. The van der Waals surface area contributed by atoms with E-state index >= 15 is 17.6 Å². The number of hydrogen-bond donors (Lipinski definition) is 1. The molecule has 0 unspecified atom stereocenters. The summed E-state index contributed by atoms with van der Waals surface area (Å²) in [4.78, 5) is 0. The highest BCUT2D eigenvalue weighted by molar-refractivity contribution is 7.02. The molecule has 0 saturated heterocycles. The summed E-state index contributed by atoms with van der Waals surface area (Å²) in [5, 5.41) is 2.66. The molecule has 1 N–H and O–H groups in total. The molecular weight excluding hydrogens is 553 g/mol. The van der Waals surface area contributed by atoms with E-state index in [-0.39, 0.29) is 5.56 Å². The number of hydrogen-bond acceptors (Lipinski definition) is 0. The maximum atomic E-state index is 15.5. The van der Waals surface area contributed by atoms with Gasteiger partial charge in [-0.1, -0.05) is 29.1 Å². The van der Waals surface area contributed by atoms with Gasteiger partial charge in [0.05, 0.1) is 6.04 Å². The van der Waals surface area contributed by atoms with Crippen LogP contribution in [0.25, 0.3) is 0 Å². The minimum absolute atomic E-state index is 0.0296. The summed E-state index contributed by atoms with van der Waals surface area (Å²) < 4.78 is 149. The molecule has 3 aromatic rings. The lowest BCUT2D eigenvalue weighted by molar-refractivity contribution is -0.427. The van der Waals surface area contributed by atoms with Crippen molar-refractivity contribution in [2.75, 3.05) is 0 Å². The van der Waals surface area contributed by atoms with Crippen LogP contribution in [-0.2, 0) is 0 Å². The SMILES string of the molecule is CC(C)N/C=[N+](/C(C)C)[B-](C#Cc1ccccc1)(c1c(F)c(F)c(F)c(F)c1F)c1c(F)c(F)c(F)c(F)c1F. The van der Waals surface area contributed by atoms with Gasteiger partial charge in [0, 0.05) is 11.6 Å². The largest absolute Gasteiger partial charge is 0.443 e. The quantitative estimate of drug-likeness (QED) is 0.0817. The van der Waals surface area contributed by atoms with E-state index in [4.69, 9.17) is 0 Å². The molecule has 3 aromatic carbocycles. The van der Waals surface area contributed by atoms with E-state index < -0.39 is 87.5 Å². The van der Waals surface area contributed by atoms with Crippen molar-refractivity contribution in [3.8, 4) is 11.7 Å². The molecule has 0 spiro atoms. The van der Waals surface area contributed by atoms with Gasteiger partial charge < -0.3 is 4.49 Å². The fourth-order valence-corrected chi connectivity index (χ4v) is 4.29. The van der Waals surface area contributed by atoms with Crippen LogP contribution in [0.5, 0.6) is 0 Å². The first kappa shape index (κ1) is 30.6. The summed E-state index contributed by atoms with van der Waals surface area (Å²) in [6.45, 7) is 5.71. The molecule has 3 rings (SSSR count). The highest BCUT2D eigenvalue weighted by atomic mass is 19.2. The molecule has 0 fully saturated rings. The second-order valence-electron chi connectivity index (χ2n) is 9.41. The maximum absolute atomic E-state index is 15.5. The summed E-state index contributed by atoms with van der Waals surface area (Å²) in [6, 6.07) is 5.48. The average molecular weight is 574 g/mol. The monoisotopic (exact) mass is 574 g/mol. The predicted octanol–water partition coefficient (Wildman–Crippen LogP) is 5.18. The third-order valence-electron chi connectivity index (χ3n) is 6.12. The Bertz CT molecular complexity index is 1420. The van der Waals surface area contributed by atoms with E-state index in [0.717, 1.165) is 6.34 Å². The maximum Gasteiger partial charge on any atom is 0.320 e. The van der Waals surface area contributed by atoms with E-state index in [0.29, 0.717) is 4.49 Å². The summed E-state index contributed by atoms with van der Waals surface area (Å²) >= 11 is 0. The third-order valence-corrected chi connectivity index (χ3v) is 6.12. The summed E-state index contributed by atoms with van der Waals surface area (Å²) in [5.41, 5.74) is -3.75. The van der Waals surface area contributed by atoms with E-state index in [1.54, 1.807) is 19.9 Å². The minimum atomic E-state index is -4.53. The molecule has 0 radical (unpaired) electrons. The standard InChI is InChI=1S/C27H21BF10N2/c1-13(2)39-12-40(14(3)4)28(11-10-15-8-6-5-7-9-15,16-18(29)22(33)26(37)23(34)19(16)30)17-20(31)24(35)27(38)25(36)21(17)32/h5-9,12-14,39H,1-4H3/b40-12-. The van der Waals surface area contributed by atoms with E-state index in [2.05, 4.69) is 17.1 Å². The molecule has 2 nitrogen and oxygen atoms in total. The number of rotatable bonds is 6. The molecule has 0 aliphatic rings.